The number of benzene rings is 1. The lowest BCUT2D eigenvalue weighted by molar-refractivity contribution is -0.178. The van der Waals surface area contributed by atoms with Gasteiger partial charge in [0.2, 0.25) is 6.79 Å². The minimum absolute atomic E-state index is 0.146. The van der Waals surface area contributed by atoms with Gasteiger partial charge in [0.15, 0.2) is 23.2 Å². The number of carbonyl (C=O) groups excluding carboxylic acids is 1. The van der Waals surface area contributed by atoms with E-state index in [0.717, 1.165) is 43.5 Å². The quantitative estimate of drug-likeness (QED) is 0.408. The van der Waals surface area contributed by atoms with Crippen molar-refractivity contribution >= 4 is 11.9 Å². The molecule has 0 amide bonds. The second kappa shape index (κ2) is 9.73. The molecule has 4 atom stereocenters. The number of hydrogen-bond acceptors (Lipinski definition) is 9. The molecule has 208 valence electrons. The second-order valence-electron chi connectivity index (χ2n) is 11.6. The minimum Gasteiger partial charge on any atom is -0.497 e. The molecule has 1 aromatic rings. The van der Waals surface area contributed by atoms with E-state index in [9.17, 15) is 24.9 Å². The van der Waals surface area contributed by atoms with Crippen LogP contribution in [0, 0.1) is 0 Å². The summed E-state index contributed by atoms with van der Waals surface area (Å²) in [6.45, 7) is 5.10. The Balaban J connectivity index is 1.50. The van der Waals surface area contributed by atoms with Crippen molar-refractivity contribution in [3.63, 3.8) is 0 Å². The molecule has 3 heterocycles. The normalized spacial score (nSPS) is 27.4. The summed E-state index contributed by atoms with van der Waals surface area (Å²) in [4.78, 5) is 27.6. The molecule has 3 aliphatic heterocycles. The van der Waals surface area contributed by atoms with E-state index in [1.807, 2.05) is 18.2 Å². The van der Waals surface area contributed by atoms with Crippen LogP contribution >= 0.6 is 0 Å². The summed E-state index contributed by atoms with van der Waals surface area (Å²) in [7, 11) is 1.53. The van der Waals surface area contributed by atoms with Crippen LogP contribution in [0.25, 0.3) is 0 Å². The Morgan fingerprint density at radius 1 is 1.16 bits per heavy atom. The van der Waals surface area contributed by atoms with Crippen molar-refractivity contribution in [1.29, 1.82) is 0 Å². The first-order valence-corrected chi connectivity index (χ1v) is 13.3. The monoisotopic (exact) mass is 531 g/mol. The third-order valence-electron chi connectivity index (χ3n) is 8.40. The van der Waals surface area contributed by atoms with Crippen molar-refractivity contribution in [2.75, 3.05) is 27.0 Å². The first-order valence-electron chi connectivity index (χ1n) is 13.3. The van der Waals surface area contributed by atoms with Crippen molar-refractivity contribution in [3.8, 4) is 11.5 Å². The van der Waals surface area contributed by atoms with Crippen molar-refractivity contribution in [3.05, 3.63) is 35.1 Å². The SMILES string of the molecule is COC1=CC23CCCN2CCc2cc4c(cc2[C@@H]3C1OC(=O)C(O)(CCCC(C)(C)O)CC(=O)O)OCO4. The fourth-order valence-electron chi connectivity index (χ4n) is 6.65. The first kappa shape index (κ1) is 26.8. The number of fused-ring (bicyclic) bond motifs is 3. The van der Waals surface area contributed by atoms with Gasteiger partial charge in [0, 0.05) is 6.54 Å². The molecule has 10 heteroatoms. The molecular formula is C28H37NO9. The molecule has 1 spiro atoms. The van der Waals surface area contributed by atoms with Crippen molar-refractivity contribution in [2.45, 2.75) is 87.6 Å². The standard InChI is InChI=1S/C28H37NO9/c1-26(2,33)7-4-9-28(34,15-22(30)31)25(32)38-24-21(35-3)14-27-8-5-10-29(27)11-6-17-12-19-20(37-16-36-19)13-18(17)23(24)27/h12-14,23-24,33-34H,4-11,15-16H2,1-3H3,(H,30,31)/t23-,24?,27?,28?/m1/s1. The van der Waals surface area contributed by atoms with E-state index in [4.69, 9.17) is 18.9 Å². The van der Waals surface area contributed by atoms with E-state index in [1.54, 1.807) is 13.8 Å². The van der Waals surface area contributed by atoms with E-state index < -0.39 is 41.2 Å². The molecule has 0 aromatic heterocycles. The molecular weight excluding hydrogens is 494 g/mol. The number of aliphatic carboxylic acids is 1. The van der Waals surface area contributed by atoms with Gasteiger partial charge in [-0.05, 0) is 88.3 Å². The smallest absolute Gasteiger partial charge is 0.339 e. The molecule has 1 aromatic carbocycles. The summed E-state index contributed by atoms with van der Waals surface area (Å²) >= 11 is 0. The van der Waals surface area contributed by atoms with Gasteiger partial charge in [-0.1, -0.05) is 0 Å². The van der Waals surface area contributed by atoms with Crippen LogP contribution in [-0.2, 0) is 25.5 Å². The lowest BCUT2D eigenvalue weighted by atomic mass is 9.77. The third kappa shape index (κ3) is 4.74. The van der Waals surface area contributed by atoms with Crippen LogP contribution in [0.4, 0.5) is 0 Å². The molecule has 1 aliphatic carbocycles. The number of carboxylic acids is 1. The summed E-state index contributed by atoms with van der Waals surface area (Å²) in [5, 5.41) is 30.9. The summed E-state index contributed by atoms with van der Waals surface area (Å²) in [6, 6.07) is 3.96. The highest BCUT2D eigenvalue weighted by Crippen LogP contribution is 2.55. The van der Waals surface area contributed by atoms with Crippen LogP contribution in [0.3, 0.4) is 0 Å². The molecule has 4 aliphatic rings. The van der Waals surface area contributed by atoms with Gasteiger partial charge in [-0.15, -0.1) is 0 Å². The van der Waals surface area contributed by atoms with Gasteiger partial charge in [-0.25, -0.2) is 4.79 Å². The predicted molar refractivity (Wildman–Crippen MR) is 135 cm³/mol. The fraction of sp³-hybridized carbons (Fsp3) is 0.643. The van der Waals surface area contributed by atoms with Crippen LogP contribution in [0.5, 0.6) is 11.5 Å². The number of carbonyl (C=O) groups is 2. The Bertz CT molecular complexity index is 1140. The van der Waals surface area contributed by atoms with E-state index in [0.29, 0.717) is 17.3 Å². The zero-order chi connectivity index (χ0) is 27.3. The van der Waals surface area contributed by atoms with E-state index in [1.165, 1.54) is 7.11 Å². The molecule has 38 heavy (non-hydrogen) atoms. The van der Waals surface area contributed by atoms with Gasteiger partial charge in [-0.2, -0.15) is 0 Å². The second-order valence-corrected chi connectivity index (χ2v) is 11.6. The molecule has 3 N–H and O–H groups in total. The lowest BCUT2D eigenvalue weighted by Crippen LogP contribution is -2.49. The molecule has 0 radical (unpaired) electrons. The Morgan fingerprint density at radius 2 is 1.89 bits per heavy atom. The van der Waals surface area contributed by atoms with Crippen LogP contribution in [0.15, 0.2) is 24.0 Å². The van der Waals surface area contributed by atoms with Crippen LogP contribution in [0.2, 0.25) is 0 Å². The maximum absolute atomic E-state index is 13.6. The molecule has 0 bridgehead atoms. The number of ether oxygens (including phenoxy) is 4. The fourth-order valence-corrected chi connectivity index (χ4v) is 6.65. The summed E-state index contributed by atoms with van der Waals surface area (Å²) in [6.07, 6.45) is 3.38. The summed E-state index contributed by atoms with van der Waals surface area (Å²) < 4.78 is 23.1. The Hall–Kier alpha value is -2.82. The third-order valence-corrected chi connectivity index (χ3v) is 8.40. The molecule has 10 nitrogen and oxygen atoms in total. The number of nitrogens with zero attached hydrogens (tertiary/aromatic N) is 1. The first-order chi connectivity index (χ1) is 18.0. The number of aliphatic hydroxyl groups is 2. The molecule has 1 fully saturated rings. The summed E-state index contributed by atoms with van der Waals surface area (Å²) in [5.41, 5.74) is -1.65. The number of hydrogen-bond donors (Lipinski definition) is 3. The van der Waals surface area contributed by atoms with Crippen molar-refractivity contribution in [2.24, 2.45) is 0 Å². The molecule has 0 saturated carbocycles. The van der Waals surface area contributed by atoms with Crippen molar-refractivity contribution < 1.29 is 43.9 Å². The van der Waals surface area contributed by atoms with Gasteiger partial charge >= 0.3 is 11.9 Å². The van der Waals surface area contributed by atoms with Crippen LogP contribution < -0.4 is 9.47 Å². The number of esters is 1. The van der Waals surface area contributed by atoms with Gasteiger partial charge < -0.3 is 34.3 Å². The minimum atomic E-state index is -2.25. The van der Waals surface area contributed by atoms with Crippen LogP contribution in [-0.4, -0.2) is 82.0 Å². The number of methoxy groups -OCH3 is 1. The largest absolute Gasteiger partial charge is 0.497 e. The van der Waals surface area contributed by atoms with E-state index in [-0.39, 0.29) is 32.0 Å². The lowest BCUT2D eigenvalue weighted by Gasteiger charge is -2.39. The van der Waals surface area contributed by atoms with E-state index >= 15 is 0 Å². The molecule has 1 saturated heterocycles. The number of rotatable bonds is 9. The summed E-state index contributed by atoms with van der Waals surface area (Å²) in [5.74, 6) is -0.843. The molecule has 3 unspecified atom stereocenters. The highest BCUT2D eigenvalue weighted by Gasteiger charge is 2.59. The Labute approximate surface area is 222 Å². The maximum Gasteiger partial charge on any atom is 0.339 e. The topological polar surface area (TPSA) is 135 Å². The highest BCUT2D eigenvalue weighted by atomic mass is 16.7. The zero-order valence-electron chi connectivity index (χ0n) is 22.2. The van der Waals surface area contributed by atoms with Crippen LogP contribution in [0.1, 0.15) is 69.4 Å². The van der Waals surface area contributed by atoms with Gasteiger partial charge in [0.05, 0.1) is 30.6 Å². The Morgan fingerprint density at radius 3 is 2.58 bits per heavy atom. The van der Waals surface area contributed by atoms with Gasteiger partial charge in [-0.3, -0.25) is 9.69 Å². The van der Waals surface area contributed by atoms with Gasteiger partial charge in [0.25, 0.3) is 0 Å². The van der Waals surface area contributed by atoms with Gasteiger partial charge in [0.1, 0.15) is 5.76 Å². The highest BCUT2D eigenvalue weighted by molar-refractivity contribution is 5.85. The molecule has 5 rings (SSSR count). The Kier molecular flexibility index (Phi) is 6.86. The number of carboxylic acid groups (broad SMARTS) is 1. The average Bonchev–Trinajstić information content (AvgIpc) is 3.51. The maximum atomic E-state index is 13.6. The zero-order valence-corrected chi connectivity index (χ0v) is 22.2. The van der Waals surface area contributed by atoms with Crippen molar-refractivity contribution in [1.82, 2.24) is 4.90 Å². The predicted octanol–water partition coefficient (Wildman–Crippen LogP) is 2.49. The average molecular weight is 532 g/mol. The van der Waals surface area contributed by atoms with E-state index in [2.05, 4.69) is 4.90 Å².